The molecule has 0 aliphatic carbocycles. The number of nitrogens with zero attached hydrogens (tertiary/aromatic N) is 1. The van der Waals surface area contributed by atoms with Crippen LogP contribution in [-0.2, 0) is 0 Å². The van der Waals surface area contributed by atoms with Gasteiger partial charge in [0.25, 0.3) is 0 Å². The molecule has 0 saturated carbocycles. The molecule has 0 radical (unpaired) electrons. The van der Waals surface area contributed by atoms with Crippen LogP contribution >= 0.6 is 11.6 Å². The van der Waals surface area contributed by atoms with Gasteiger partial charge < -0.3 is 20.5 Å². The van der Waals surface area contributed by atoms with Crippen LogP contribution in [0.1, 0.15) is 25.5 Å². The maximum atomic E-state index is 6.24. The van der Waals surface area contributed by atoms with Crippen LogP contribution in [0, 0.1) is 0 Å². The molecule has 0 saturated heterocycles. The highest BCUT2D eigenvalue weighted by Gasteiger charge is 2.26. The van der Waals surface area contributed by atoms with E-state index in [9.17, 15) is 0 Å². The molecule has 0 fully saturated rings. The van der Waals surface area contributed by atoms with Crippen LogP contribution in [0.15, 0.2) is 47.5 Å². The van der Waals surface area contributed by atoms with Crippen LogP contribution in [0.3, 0.4) is 0 Å². The van der Waals surface area contributed by atoms with Crippen LogP contribution in [-0.4, -0.2) is 18.7 Å². The molecule has 3 rings (SSSR count). The van der Waals surface area contributed by atoms with Crippen molar-refractivity contribution in [1.29, 1.82) is 0 Å². The molecule has 3 N–H and O–H groups in total. The maximum absolute atomic E-state index is 6.24. The average Bonchev–Trinajstić information content (AvgIpc) is 2.93. The van der Waals surface area contributed by atoms with Gasteiger partial charge in [0, 0.05) is 16.3 Å². The monoisotopic (exact) mass is 345 g/mol. The third-order valence-corrected chi connectivity index (χ3v) is 3.87. The topological polar surface area (TPSA) is 68.9 Å². The first-order chi connectivity index (χ1) is 11.5. The second-order valence-electron chi connectivity index (χ2n) is 5.81. The van der Waals surface area contributed by atoms with Gasteiger partial charge in [-0.1, -0.05) is 17.7 Å². The number of nitrogens with two attached hydrogens (primary N) is 1. The van der Waals surface area contributed by atoms with E-state index in [1.807, 2.05) is 56.3 Å². The van der Waals surface area contributed by atoms with Crippen molar-refractivity contribution in [3.05, 3.63) is 53.1 Å². The smallest absolute Gasteiger partial charge is 0.193 e. The van der Waals surface area contributed by atoms with Gasteiger partial charge in [0.1, 0.15) is 24.1 Å². The van der Waals surface area contributed by atoms with Crippen LogP contribution in [0.4, 0.5) is 5.69 Å². The van der Waals surface area contributed by atoms with Crippen LogP contribution in [0.5, 0.6) is 11.5 Å². The van der Waals surface area contributed by atoms with E-state index in [4.69, 9.17) is 26.8 Å². The minimum absolute atomic E-state index is 0.141. The molecule has 0 spiro atoms. The van der Waals surface area contributed by atoms with E-state index in [1.165, 1.54) is 0 Å². The molecule has 24 heavy (non-hydrogen) atoms. The summed E-state index contributed by atoms with van der Waals surface area (Å²) in [5.41, 5.74) is 7.74. The molecule has 0 bridgehead atoms. The number of rotatable bonds is 4. The predicted molar refractivity (Wildman–Crippen MR) is 97.1 cm³/mol. The number of halogens is 1. The predicted octanol–water partition coefficient (Wildman–Crippen LogP) is 3.99. The number of nitrogens with one attached hydrogen (secondary N) is 1. The highest BCUT2D eigenvalue weighted by atomic mass is 35.5. The number of fused-ring (bicyclic) bond motifs is 1. The molecule has 126 valence electrons. The van der Waals surface area contributed by atoms with Gasteiger partial charge in [0.2, 0.25) is 0 Å². The largest absolute Gasteiger partial charge is 0.491 e. The van der Waals surface area contributed by atoms with E-state index < -0.39 is 0 Å². The maximum Gasteiger partial charge on any atom is 0.193 e. The molecule has 1 heterocycles. The summed E-state index contributed by atoms with van der Waals surface area (Å²) in [6, 6.07) is 12.9. The molecule has 2 aromatic rings. The molecular formula is C18H20ClN3O2. The molecule has 1 aliphatic heterocycles. The lowest BCUT2D eigenvalue weighted by atomic mass is 10.1. The average molecular weight is 346 g/mol. The van der Waals surface area contributed by atoms with Gasteiger partial charge in [0.05, 0.1) is 6.10 Å². The molecule has 1 aliphatic rings. The van der Waals surface area contributed by atoms with Crippen LogP contribution < -0.4 is 20.5 Å². The molecular weight excluding hydrogens is 326 g/mol. The summed E-state index contributed by atoms with van der Waals surface area (Å²) in [7, 11) is 0. The Balaban J connectivity index is 1.70. The minimum Gasteiger partial charge on any atom is -0.491 e. The molecule has 6 heteroatoms. The Kier molecular flexibility index (Phi) is 4.81. The zero-order valence-corrected chi connectivity index (χ0v) is 14.4. The second-order valence-corrected chi connectivity index (χ2v) is 6.22. The van der Waals surface area contributed by atoms with Gasteiger partial charge >= 0.3 is 0 Å². The summed E-state index contributed by atoms with van der Waals surface area (Å²) in [4.78, 5) is 4.49. The highest BCUT2D eigenvalue weighted by molar-refractivity contribution is 6.31. The normalized spacial score (nSPS) is 16.7. The van der Waals surface area contributed by atoms with E-state index in [0.717, 1.165) is 22.7 Å². The van der Waals surface area contributed by atoms with E-state index in [-0.39, 0.29) is 12.1 Å². The zero-order valence-electron chi connectivity index (χ0n) is 13.6. The number of hydrogen-bond acceptors (Lipinski definition) is 3. The Hall–Kier alpha value is -2.40. The first kappa shape index (κ1) is 16.5. The Morgan fingerprint density at radius 1 is 1.29 bits per heavy atom. The van der Waals surface area contributed by atoms with Gasteiger partial charge in [-0.2, -0.15) is 0 Å². The van der Waals surface area contributed by atoms with Gasteiger partial charge in [0.15, 0.2) is 5.96 Å². The Morgan fingerprint density at radius 3 is 2.75 bits per heavy atom. The summed E-state index contributed by atoms with van der Waals surface area (Å²) in [5, 5.41) is 3.71. The Bertz CT molecular complexity index is 744. The standard InChI is InChI=1S/C18H20ClN3O2/c1-11(2)24-13-8-6-12(7-9-13)21-18(20)22-15-10-23-16-5-3-4-14(19)17(15)16/h3-9,11,15H,10H2,1-2H3,(H3,20,21,22). The van der Waals surface area contributed by atoms with Crippen molar-refractivity contribution in [2.24, 2.45) is 10.7 Å². The quantitative estimate of drug-likeness (QED) is 0.649. The van der Waals surface area contributed by atoms with Crippen molar-refractivity contribution in [2.45, 2.75) is 26.0 Å². The summed E-state index contributed by atoms with van der Waals surface area (Å²) in [6.07, 6.45) is 0.141. The van der Waals surface area contributed by atoms with Gasteiger partial charge in [-0.25, -0.2) is 4.99 Å². The number of benzene rings is 2. The first-order valence-corrected chi connectivity index (χ1v) is 8.19. The fourth-order valence-electron chi connectivity index (χ4n) is 2.56. The SMILES string of the molecule is CC(C)Oc1ccc(NC(N)=NC2COc3cccc(Cl)c32)cc1. The van der Waals surface area contributed by atoms with Gasteiger partial charge in [-0.3, -0.25) is 0 Å². The van der Waals surface area contributed by atoms with Crippen molar-refractivity contribution < 1.29 is 9.47 Å². The van der Waals surface area contributed by atoms with E-state index in [1.54, 1.807) is 0 Å². The fraction of sp³-hybridized carbons (Fsp3) is 0.278. The van der Waals surface area contributed by atoms with Crippen LogP contribution in [0.2, 0.25) is 5.02 Å². The van der Waals surface area contributed by atoms with Crippen molar-refractivity contribution in [3.63, 3.8) is 0 Å². The third kappa shape index (κ3) is 3.74. The van der Waals surface area contributed by atoms with E-state index in [2.05, 4.69) is 10.3 Å². The third-order valence-electron chi connectivity index (χ3n) is 3.54. The highest BCUT2D eigenvalue weighted by Crippen LogP contribution is 2.39. The Morgan fingerprint density at radius 2 is 2.04 bits per heavy atom. The van der Waals surface area contributed by atoms with Crippen molar-refractivity contribution >= 4 is 23.2 Å². The number of hydrogen-bond donors (Lipinski definition) is 2. The first-order valence-electron chi connectivity index (χ1n) is 7.81. The minimum atomic E-state index is -0.204. The zero-order chi connectivity index (χ0) is 17.1. The summed E-state index contributed by atoms with van der Waals surface area (Å²) >= 11 is 6.24. The lowest BCUT2D eigenvalue weighted by Gasteiger charge is -2.12. The van der Waals surface area contributed by atoms with Crippen molar-refractivity contribution in [3.8, 4) is 11.5 Å². The second kappa shape index (κ2) is 7.01. The van der Waals surface area contributed by atoms with E-state index >= 15 is 0 Å². The number of ether oxygens (including phenoxy) is 2. The number of aliphatic imine (C=N–C) groups is 1. The molecule has 2 aromatic carbocycles. The lowest BCUT2D eigenvalue weighted by Crippen LogP contribution is -2.23. The Labute approximate surface area is 146 Å². The fourth-order valence-corrected chi connectivity index (χ4v) is 2.85. The molecule has 0 amide bonds. The van der Waals surface area contributed by atoms with E-state index in [0.29, 0.717) is 17.6 Å². The number of anilines is 1. The summed E-state index contributed by atoms with van der Waals surface area (Å²) in [5.74, 6) is 1.89. The van der Waals surface area contributed by atoms with Gasteiger partial charge in [-0.15, -0.1) is 0 Å². The van der Waals surface area contributed by atoms with Gasteiger partial charge in [-0.05, 0) is 50.2 Å². The van der Waals surface area contributed by atoms with Crippen LogP contribution in [0.25, 0.3) is 0 Å². The molecule has 5 nitrogen and oxygen atoms in total. The molecule has 0 aromatic heterocycles. The number of guanidine groups is 1. The van der Waals surface area contributed by atoms with Crippen molar-refractivity contribution in [2.75, 3.05) is 11.9 Å². The molecule has 1 unspecified atom stereocenters. The molecule has 1 atom stereocenters. The summed E-state index contributed by atoms with van der Waals surface area (Å²) < 4.78 is 11.2. The lowest BCUT2D eigenvalue weighted by molar-refractivity contribution is 0.242. The summed E-state index contributed by atoms with van der Waals surface area (Å²) in [6.45, 7) is 4.41. The van der Waals surface area contributed by atoms with Crippen molar-refractivity contribution in [1.82, 2.24) is 0 Å².